The number of aliphatic hydroxyl groups is 1. The third-order valence-corrected chi connectivity index (χ3v) is 4.88. The van der Waals surface area contributed by atoms with E-state index < -0.39 is 0 Å². The summed E-state index contributed by atoms with van der Waals surface area (Å²) < 4.78 is 0. The Morgan fingerprint density at radius 2 is 1.75 bits per heavy atom. The molecule has 3 fully saturated rings. The van der Waals surface area contributed by atoms with Crippen molar-refractivity contribution in [2.24, 2.45) is 10.8 Å². The molecule has 2 spiro atoms. The van der Waals surface area contributed by atoms with Gasteiger partial charge in [-0.25, -0.2) is 0 Å². The molecule has 1 N–H and O–H groups in total. The van der Waals surface area contributed by atoms with Crippen molar-refractivity contribution >= 4 is 0 Å². The van der Waals surface area contributed by atoms with E-state index >= 15 is 0 Å². The van der Waals surface area contributed by atoms with Crippen LogP contribution in [0.15, 0.2) is 0 Å². The van der Waals surface area contributed by atoms with Gasteiger partial charge in [-0.2, -0.15) is 0 Å². The summed E-state index contributed by atoms with van der Waals surface area (Å²) in [6, 6.07) is 0. The third-order valence-electron chi connectivity index (χ3n) is 4.88. The zero-order valence-electron chi connectivity index (χ0n) is 7.68. The predicted molar refractivity (Wildman–Crippen MR) is 47.8 cm³/mol. The summed E-state index contributed by atoms with van der Waals surface area (Å²) in [6.07, 6.45) is 10.8. The Morgan fingerprint density at radius 3 is 2.33 bits per heavy atom. The Morgan fingerprint density at radius 1 is 1.00 bits per heavy atom. The van der Waals surface area contributed by atoms with Crippen molar-refractivity contribution in [2.75, 3.05) is 0 Å². The molecule has 0 aromatic carbocycles. The fourth-order valence-corrected chi connectivity index (χ4v) is 4.16. The molecule has 3 aliphatic rings. The summed E-state index contributed by atoms with van der Waals surface area (Å²) in [5.41, 5.74) is 1.08. The van der Waals surface area contributed by atoms with Crippen LogP contribution < -0.4 is 0 Å². The summed E-state index contributed by atoms with van der Waals surface area (Å²) >= 11 is 0. The largest absolute Gasteiger partial charge is 0.393 e. The van der Waals surface area contributed by atoms with E-state index in [9.17, 15) is 5.11 Å². The van der Waals surface area contributed by atoms with Crippen LogP contribution in [0, 0.1) is 10.8 Å². The number of hydrogen-bond donors (Lipinski definition) is 1. The Labute approximate surface area is 74.2 Å². The van der Waals surface area contributed by atoms with E-state index in [1.54, 1.807) is 0 Å². The molecule has 0 aliphatic heterocycles. The van der Waals surface area contributed by atoms with E-state index in [2.05, 4.69) is 0 Å². The molecule has 0 amide bonds. The zero-order valence-corrected chi connectivity index (χ0v) is 7.68. The van der Waals surface area contributed by atoms with Crippen LogP contribution in [-0.4, -0.2) is 11.2 Å². The topological polar surface area (TPSA) is 20.2 Å². The highest BCUT2D eigenvalue weighted by Crippen LogP contribution is 2.77. The van der Waals surface area contributed by atoms with Crippen molar-refractivity contribution in [1.82, 2.24) is 0 Å². The minimum Gasteiger partial charge on any atom is -0.393 e. The van der Waals surface area contributed by atoms with Gasteiger partial charge in [0.05, 0.1) is 6.10 Å². The highest BCUT2D eigenvalue weighted by atomic mass is 16.3. The van der Waals surface area contributed by atoms with Crippen LogP contribution in [0.25, 0.3) is 0 Å². The van der Waals surface area contributed by atoms with E-state index in [1.165, 1.54) is 44.9 Å². The standard InChI is InChI=1S/C11H18O/c12-9-4-3-7-11(9)8-10(11)5-1-2-6-10/h9,12H,1-8H2. The first-order valence-corrected chi connectivity index (χ1v) is 5.47. The Hall–Kier alpha value is -0.0400. The van der Waals surface area contributed by atoms with Crippen molar-refractivity contribution in [3.8, 4) is 0 Å². The van der Waals surface area contributed by atoms with Crippen LogP contribution in [0.2, 0.25) is 0 Å². The highest BCUT2D eigenvalue weighted by molar-refractivity contribution is 5.20. The van der Waals surface area contributed by atoms with Gasteiger partial charge in [-0.15, -0.1) is 0 Å². The maximum atomic E-state index is 9.95. The molecule has 1 heteroatoms. The quantitative estimate of drug-likeness (QED) is 0.586. The lowest BCUT2D eigenvalue weighted by Gasteiger charge is -2.20. The van der Waals surface area contributed by atoms with Crippen LogP contribution in [0.4, 0.5) is 0 Å². The van der Waals surface area contributed by atoms with E-state index in [4.69, 9.17) is 0 Å². The fraction of sp³-hybridized carbons (Fsp3) is 1.00. The second-order valence-corrected chi connectivity index (χ2v) is 5.23. The van der Waals surface area contributed by atoms with Crippen LogP contribution in [0.3, 0.4) is 0 Å². The van der Waals surface area contributed by atoms with Gasteiger partial charge in [-0.1, -0.05) is 19.3 Å². The van der Waals surface area contributed by atoms with Gasteiger partial charge < -0.3 is 5.11 Å². The number of fused-ring (bicyclic) bond motifs is 1. The smallest absolute Gasteiger partial charge is 0.0602 e. The molecule has 0 saturated heterocycles. The van der Waals surface area contributed by atoms with Crippen molar-refractivity contribution in [2.45, 2.75) is 57.5 Å². The number of aliphatic hydroxyl groups excluding tert-OH is 1. The molecule has 0 aromatic rings. The molecule has 2 atom stereocenters. The molecule has 12 heavy (non-hydrogen) atoms. The fourth-order valence-electron chi connectivity index (χ4n) is 4.16. The third kappa shape index (κ3) is 0.654. The van der Waals surface area contributed by atoms with Gasteiger partial charge in [-0.3, -0.25) is 0 Å². The van der Waals surface area contributed by atoms with Gasteiger partial charge in [0.25, 0.3) is 0 Å². The first-order chi connectivity index (χ1) is 5.79. The molecule has 2 unspecified atom stereocenters. The van der Waals surface area contributed by atoms with Gasteiger partial charge >= 0.3 is 0 Å². The lowest BCUT2D eigenvalue weighted by atomic mass is 9.88. The molecule has 0 radical (unpaired) electrons. The summed E-state index contributed by atoms with van der Waals surface area (Å²) in [6.45, 7) is 0. The molecule has 0 heterocycles. The lowest BCUT2D eigenvalue weighted by molar-refractivity contribution is 0.0918. The van der Waals surface area contributed by atoms with E-state index in [-0.39, 0.29) is 6.10 Å². The summed E-state index contributed by atoms with van der Waals surface area (Å²) in [4.78, 5) is 0. The Bertz CT molecular complexity index is 205. The van der Waals surface area contributed by atoms with Gasteiger partial charge in [0, 0.05) is 5.41 Å². The monoisotopic (exact) mass is 166 g/mol. The summed E-state index contributed by atoms with van der Waals surface area (Å²) in [7, 11) is 0. The minimum atomic E-state index is 0.0654. The SMILES string of the molecule is OC1CCCC12CC21CCCC1. The molecule has 1 nitrogen and oxygen atoms in total. The van der Waals surface area contributed by atoms with Gasteiger partial charge in [-0.05, 0) is 37.5 Å². The average Bonchev–Trinajstić information content (AvgIpc) is 2.44. The molecular weight excluding hydrogens is 148 g/mol. The molecule has 3 aliphatic carbocycles. The van der Waals surface area contributed by atoms with Crippen molar-refractivity contribution in [1.29, 1.82) is 0 Å². The van der Waals surface area contributed by atoms with Gasteiger partial charge in [0.15, 0.2) is 0 Å². The molecule has 3 saturated carbocycles. The predicted octanol–water partition coefficient (Wildman–Crippen LogP) is 2.48. The first-order valence-electron chi connectivity index (χ1n) is 5.47. The maximum absolute atomic E-state index is 9.95. The average molecular weight is 166 g/mol. The second-order valence-electron chi connectivity index (χ2n) is 5.23. The van der Waals surface area contributed by atoms with E-state index in [0.717, 1.165) is 6.42 Å². The van der Waals surface area contributed by atoms with Crippen LogP contribution >= 0.6 is 0 Å². The normalized spacial score (nSPS) is 49.2. The maximum Gasteiger partial charge on any atom is 0.0602 e. The Balaban J connectivity index is 1.87. The number of hydrogen-bond acceptors (Lipinski definition) is 1. The molecule has 0 aromatic heterocycles. The highest BCUT2D eigenvalue weighted by Gasteiger charge is 2.71. The summed E-state index contributed by atoms with van der Waals surface area (Å²) in [5.74, 6) is 0. The Kier molecular flexibility index (Phi) is 1.27. The number of rotatable bonds is 0. The lowest BCUT2D eigenvalue weighted by Crippen LogP contribution is -2.21. The van der Waals surface area contributed by atoms with Crippen LogP contribution in [0.1, 0.15) is 51.4 Å². The molecular formula is C11H18O. The van der Waals surface area contributed by atoms with Crippen LogP contribution in [0.5, 0.6) is 0 Å². The van der Waals surface area contributed by atoms with Gasteiger partial charge in [0.2, 0.25) is 0 Å². The van der Waals surface area contributed by atoms with Crippen molar-refractivity contribution < 1.29 is 5.11 Å². The second kappa shape index (κ2) is 2.06. The summed E-state index contributed by atoms with van der Waals surface area (Å²) in [5, 5.41) is 9.95. The molecule has 68 valence electrons. The van der Waals surface area contributed by atoms with E-state index in [1.807, 2.05) is 0 Å². The van der Waals surface area contributed by atoms with Crippen LogP contribution in [-0.2, 0) is 0 Å². The minimum absolute atomic E-state index is 0.0654. The first kappa shape index (κ1) is 7.37. The van der Waals surface area contributed by atoms with Crippen molar-refractivity contribution in [3.63, 3.8) is 0 Å². The zero-order chi connectivity index (χ0) is 8.23. The van der Waals surface area contributed by atoms with E-state index in [0.29, 0.717) is 10.8 Å². The molecule has 3 rings (SSSR count). The van der Waals surface area contributed by atoms with Crippen molar-refractivity contribution in [3.05, 3.63) is 0 Å². The van der Waals surface area contributed by atoms with Gasteiger partial charge in [0.1, 0.15) is 0 Å². The molecule has 0 bridgehead atoms.